The van der Waals surface area contributed by atoms with Crippen molar-refractivity contribution in [3.63, 3.8) is 0 Å². The molecule has 2 aromatic carbocycles. The lowest BCUT2D eigenvalue weighted by molar-refractivity contribution is -0.130. The molecule has 0 spiro atoms. The van der Waals surface area contributed by atoms with Gasteiger partial charge in [0.1, 0.15) is 11.3 Å². The molecule has 0 saturated carbocycles. The van der Waals surface area contributed by atoms with Gasteiger partial charge in [-0.3, -0.25) is 4.79 Å². The quantitative estimate of drug-likeness (QED) is 0.343. The zero-order chi connectivity index (χ0) is 15.0. The summed E-state index contributed by atoms with van der Waals surface area (Å²) in [6, 6.07) is 11.3. The Labute approximate surface area is 130 Å². The predicted octanol–water partition coefficient (Wildman–Crippen LogP) is 4.18. The molecule has 0 fully saturated rings. The fourth-order valence-corrected chi connectivity index (χ4v) is 2.31. The van der Waals surface area contributed by atoms with Crippen LogP contribution in [0.25, 0.3) is 6.08 Å². The fraction of sp³-hybridized carbons (Fsp3) is 0. The lowest BCUT2D eigenvalue weighted by atomic mass is 9.98. The van der Waals surface area contributed by atoms with E-state index in [0.717, 1.165) is 0 Å². The number of fused-ring (bicyclic) bond motifs is 1. The van der Waals surface area contributed by atoms with Gasteiger partial charge in [0.15, 0.2) is 0 Å². The van der Waals surface area contributed by atoms with Crippen molar-refractivity contribution in [2.24, 2.45) is 0 Å². The Morgan fingerprint density at radius 1 is 0.905 bits per heavy atom. The molecule has 0 radical (unpaired) electrons. The molecule has 1 aliphatic heterocycles. The van der Waals surface area contributed by atoms with E-state index >= 15 is 0 Å². The van der Waals surface area contributed by atoms with Crippen molar-refractivity contribution in [3.8, 4) is 5.75 Å². The maximum Gasteiger partial charge on any atom is 0.347 e. The van der Waals surface area contributed by atoms with Crippen molar-refractivity contribution >= 4 is 41.0 Å². The number of rotatable bonds is 1. The topological polar surface area (TPSA) is 43.4 Å². The molecule has 0 unspecified atom stereocenters. The average molecular weight is 319 g/mol. The van der Waals surface area contributed by atoms with Gasteiger partial charge in [0.25, 0.3) is 0 Å². The van der Waals surface area contributed by atoms with Gasteiger partial charge in [0.2, 0.25) is 5.78 Å². The molecule has 0 N–H and O–H groups in total. The van der Waals surface area contributed by atoms with Crippen molar-refractivity contribution in [1.82, 2.24) is 0 Å². The van der Waals surface area contributed by atoms with E-state index in [4.69, 9.17) is 27.9 Å². The number of ketones is 1. The van der Waals surface area contributed by atoms with Crippen LogP contribution in [0.3, 0.4) is 0 Å². The second-order valence-electron chi connectivity index (χ2n) is 4.47. The Hall–Kier alpha value is -2.10. The summed E-state index contributed by atoms with van der Waals surface area (Å²) in [6.07, 6.45) is 1.48. The number of hydrogen-bond acceptors (Lipinski definition) is 3. The van der Waals surface area contributed by atoms with Crippen LogP contribution < -0.4 is 4.74 Å². The molecule has 1 aliphatic rings. The Balaban J connectivity index is 2.06. The largest absolute Gasteiger partial charge is 0.422 e. The Bertz CT molecular complexity index is 777. The lowest BCUT2D eigenvalue weighted by Crippen LogP contribution is -2.25. The van der Waals surface area contributed by atoms with Gasteiger partial charge in [-0.15, -0.1) is 0 Å². The van der Waals surface area contributed by atoms with E-state index in [1.54, 1.807) is 30.3 Å². The molecule has 0 saturated heterocycles. The number of Topliss-reactive ketones (excluding diaryl/α,β-unsaturated/α-hetero) is 1. The maximum atomic E-state index is 12.4. The summed E-state index contributed by atoms with van der Waals surface area (Å²) >= 11 is 11.7. The molecule has 0 bridgehead atoms. The van der Waals surface area contributed by atoms with Gasteiger partial charge in [0.05, 0.1) is 5.56 Å². The molecule has 0 amide bonds. The summed E-state index contributed by atoms with van der Waals surface area (Å²) < 4.78 is 5.15. The third-order valence-corrected chi connectivity index (χ3v) is 3.52. The van der Waals surface area contributed by atoms with Crippen molar-refractivity contribution in [2.45, 2.75) is 0 Å². The molecule has 3 rings (SSSR count). The Kier molecular flexibility index (Phi) is 3.53. The first-order valence-corrected chi connectivity index (χ1v) is 6.84. The normalized spacial score (nSPS) is 15.8. The summed E-state index contributed by atoms with van der Waals surface area (Å²) in [5.41, 5.74) is 0.930. The van der Waals surface area contributed by atoms with E-state index in [1.807, 2.05) is 0 Å². The first-order chi connectivity index (χ1) is 10.0. The SMILES string of the molecule is O=C1Oc2ccc(Cl)cc2C(=O)/C1=C/c1ccc(Cl)cc1. The second kappa shape index (κ2) is 5.35. The highest BCUT2D eigenvalue weighted by Gasteiger charge is 2.30. The number of hydrogen-bond donors (Lipinski definition) is 0. The second-order valence-corrected chi connectivity index (χ2v) is 5.34. The molecule has 3 nitrogen and oxygen atoms in total. The van der Waals surface area contributed by atoms with Crippen molar-refractivity contribution in [1.29, 1.82) is 0 Å². The monoisotopic (exact) mass is 318 g/mol. The van der Waals surface area contributed by atoms with Crippen LogP contribution in [-0.2, 0) is 4.79 Å². The Morgan fingerprint density at radius 2 is 1.57 bits per heavy atom. The van der Waals surface area contributed by atoms with E-state index in [1.165, 1.54) is 18.2 Å². The molecular formula is C16H8Cl2O3. The van der Waals surface area contributed by atoms with Crippen molar-refractivity contribution < 1.29 is 14.3 Å². The Morgan fingerprint density at radius 3 is 2.29 bits per heavy atom. The van der Waals surface area contributed by atoms with Gasteiger partial charge in [-0.2, -0.15) is 0 Å². The third-order valence-electron chi connectivity index (χ3n) is 3.03. The summed E-state index contributed by atoms with van der Waals surface area (Å²) in [5, 5.41) is 0.984. The number of carbonyl (C=O) groups is 2. The van der Waals surface area contributed by atoms with Gasteiger partial charge >= 0.3 is 5.97 Å². The first-order valence-electron chi connectivity index (χ1n) is 6.08. The summed E-state index contributed by atoms with van der Waals surface area (Å²) in [6.45, 7) is 0. The maximum absolute atomic E-state index is 12.4. The van der Waals surface area contributed by atoms with Crippen LogP contribution >= 0.6 is 23.2 Å². The highest BCUT2D eigenvalue weighted by Crippen LogP contribution is 2.31. The number of benzene rings is 2. The van der Waals surface area contributed by atoms with Crippen molar-refractivity contribution in [3.05, 3.63) is 69.2 Å². The van der Waals surface area contributed by atoms with E-state index in [0.29, 0.717) is 15.6 Å². The van der Waals surface area contributed by atoms with Crippen LogP contribution in [-0.4, -0.2) is 11.8 Å². The van der Waals surface area contributed by atoms with Crippen LogP contribution in [0.15, 0.2) is 48.0 Å². The minimum atomic E-state index is -0.676. The zero-order valence-corrected chi connectivity index (χ0v) is 12.1. The minimum Gasteiger partial charge on any atom is -0.422 e. The zero-order valence-electron chi connectivity index (χ0n) is 10.6. The van der Waals surface area contributed by atoms with Gasteiger partial charge in [0, 0.05) is 10.0 Å². The fourth-order valence-electron chi connectivity index (χ4n) is 2.01. The molecule has 104 valence electrons. The minimum absolute atomic E-state index is 0.0351. The lowest BCUT2D eigenvalue weighted by Gasteiger charge is -2.16. The molecule has 5 heteroatoms. The van der Waals surface area contributed by atoms with E-state index in [9.17, 15) is 9.59 Å². The molecule has 21 heavy (non-hydrogen) atoms. The van der Waals surface area contributed by atoms with Crippen LogP contribution in [0.2, 0.25) is 10.0 Å². The van der Waals surface area contributed by atoms with Gasteiger partial charge < -0.3 is 4.74 Å². The van der Waals surface area contributed by atoms with Crippen LogP contribution in [0.1, 0.15) is 15.9 Å². The smallest absolute Gasteiger partial charge is 0.347 e. The number of ether oxygens (including phenoxy) is 1. The van der Waals surface area contributed by atoms with Crippen LogP contribution in [0.4, 0.5) is 0 Å². The highest BCUT2D eigenvalue weighted by atomic mass is 35.5. The average Bonchev–Trinajstić information content (AvgIpc) is 2.46. The number of halogens is 2. The molecule has 1 heterocycles. The molecule has 0 atom stereocenters. The van der Waals surface area contributed by atoms with E-state index in [2.05, 4.69) is 0 Å². The molecular weight excluding hydrogens is 311 g/mol. The highest BCUT2D eigenvalue weighted by molar-refractivity contribution is 6.34. The summed E-state index contributed by atoms with van der Waals surface area (Å²) in [7, 11) is 0. The standard InChI is InChI=1S/C16H8Cl2O3/c17-10-3-1-9(2-4-10)7-13-15(19)12-8-11(18)5-6-14(12)21-16(13)20/h1-8H/b13-7-. The van der Waals surface area contributed by atoms with Crippen LogP contribution in [0, 0.1) is 0 Å². The summed E-state index contributed by atoms with van der Waals surface area (Å²) in [5.74, 6) is -0.855. The molecule has 2 aromatic rings. The van der Waals surface area contributed by atoms with Crippen molar-refractivity contribution in [2.75, 3.05) is 0 Å². The van der Waals surface area contributed by atoms with Gasteiger partial charge in [-0.25, -0.2) is 4.79 Å². The predicted molar refractivity (Wildman–Crippen MR) is 80.8 cm³/mol. The molecule has 0 aromatic heterocycles. The molecule has 0 aliphatic carbocycles. The number of carbonyl (C=O) groups excluding carboxylic acids is 2. The third kappa shape index (κ3) is 2.71. The van der Waals surface area contributed by atoms with Gasteiger partial charge in [-0.05, 0) is 42.0 Å². The summed E-state index contributed by atoms with van der Waals surface area (Å²) in [4.78, 5) is 24.4. The number of esters is 1. The van der Waals surface area contributed by atoms with E-state index < -0.39 is 11.8 Å². The first kappa shape index (κ1) is 13.9. The van der Waals surface area contributed by atoms with Crippen LogP contribution in [0.5, 0.6) is 5.75 Å². The van der Waals surface area contributed by atoms with Gasteiger partial charge in [-0.1, -0.05) is 35.3 Å². The van der Waals surface area contributed by atoms with E-state index in [-0.39, 0.29) is 16.9 Å².